The first-order chi connectivity index (χ1) is 9.44. The van der Waals surface area contributed by atoms with Gasteiger partial charge in [-0.15, -0.1) is 0 Å². The Morgan fingerprint density at radius 2 is 2.10 bits per heavy atom. The summed E-state index contributed by atoms with van der Waals surface area (Å²) in [6, 6.07) is 0.259. The Hall–Kier alpha value is -0.650. The summed E-state index contributed by atoms with van der Waals surface area (Å²) in [5, 5.41) is 3.30. The first kappa shape index (κ1) is 17.4. The Kier molecular flexibility index (Phi) is 7.48. The molecule has 3 N–H and O–H groups in total. The molecule has 1 unspecified atom stereocenters. The predicted octanol–water partition coefficient (Wildman–Crippen LogP) is 1.12. The van der Waals surface area contributed by atoms with Gasteiger partial charge in [0.2, 0.25) is 5.91 Å². The highest BCUT2D eigenvalue weighted by Crippen LogP contribution is 2.15. The van der Waals surface area contributed by atoms with Crippen LogP contribution in [0.1, 0.15) is 46.5 Å². The highest BCUT2D eigenvalue weighted by Gasteiger charge is 2.30. The molecular formula is C15H31N3O2. The summed E-state index contributed by atoms with van der Waals surface area (Å²) in [6.07, 6.45) is 4.03. The van der Waals surface area contributed by atoms with Crippen molar-refractivity contribution < 1.29 is 9.53 Å². The molecule has 0 bridgehead atoms. The maximum absolute atomic E-state index is 11.6. The molecular weight excluding hydrogens is 254 g/mol. The van der Waals surface area contributed by atoms with E-state index in [0.717, 1.165) is 58.5 Å². The van der Waals surface area contributed by atoms with Gasteiger partial charge in [0, 0.05) is 25.7 Å². The summed E-state index contributed by atoms with van der Waals surface area (Å²) < 4.78 is 5.45. The minimum atomic E-state index is -0.587. The van der Waals surface area contributed by atoms with Crippen LogP contribution in [-0.2, 0) is 9.53 Å². The predicted molar refractivity (Wildman–Crippen MR) is 81.6 cm³/mol. The first-order valence-electron chi connectivity index (χ1n) is 7.82. The van der Waals surface area contributed by atoms with E-state index in [1.807, 2.05) is 20.8 Å². The zero-order valence-corrected chi connectivity index (χ0v) is 13.3. The Morgan fingerprint density at radius 1 is 1.35 bits per heavy atom. The van der Waals surface area contributed by atoms with E-state index in [1.165, 1.54) is 0 Å². The van der Waals surface area contributed by atoms with Crippen molar-refractivity contribution in [3.63, 3.8) is 0 Å². The minimum Gasteiger partial charge on any atom is -0.380 e. The number of nitrogens with zero attached hydrogens (tertiary/aromatic N) is 1. The number of unbranched alkanes of at least 4 members (excludes halogenated alkanes) is 1. The molecule has 5 nitrogen and oxygen atoms in total. The summed E-state index contributed by atoms with van der Waals surface area (Å²) in [7, 11) is 0. The van der Waals surface area contributed by atoms with E-state index < -0.39 is 5.54 Å². The molecule has 0 aliphatic carbocycles. The lowest BCUT2D eigenvalue weighted by Gasteiger charge is -2.30. The summed E-state index contributed by atoms with van der Waals surface area (Å²) in [4.78, 5) is 14.1. The fourth-order valence-electron chi connectivity index (χ4n) is 2.74. The Labute approximate surface area is 123 Å². The van der Waals surface area contributed by atoms with Gasteiger partial charge in [-0.2, -0.15) is 0 Å². The molecule has 1 saturated heterocycles. The van der Waals surface area contributed by atoms with E-state index in [-0.39, 0.29) is 11.9 Å². The van der Waals surface area contributed by atoms with Gasteiger partial charge in [0.1, 0.15) is 0 Å². The van der Waals surface area contributed by atoms with Gasteiger partial charge in [0.25, 0.3) is 0 Å². The van der Waals surface area contributed by atoms with Crippen LogP contribution < -0.4 is 11.1 Å². The van der Waals surface area contributed by atoms with Crippen molar-refractivity contribution in [2.45, 2.75) is 58.0 Å². The van der Waals surface area contributed by atoms with E-state index in [1.54, 1.807) is 0 Å². The molecule has 1 aliphatic rings. The van der Waals surface area contributed by atoms with Crippen LogP contribution in [0.4, 0.5) is 0 Å². The zero-order chi connectivity index (χ0) is 15.0. The standard InChI is InChI=1S/C15H31N3O2/c1-13(2)17-15(3,14(16)19)7-4-5-8-18-9-6-11-20-12-10-18/h13,17H,4-12H2,1-3H3,(H2,16,19). The van der Waals surface area contributed by atoms with Gasteiger partial charge in [-0.25, -0.2) is 0 Å². The van der Waals surface area contributed by atoms with Crippen LogP contribution in [0, 0.1) is 0 Å². The van der Waals surface area contributed by atoms with Crippen LogP contribution in [-0.4, -0.2) is 55.2 Å². The molecule has 0 aromatic rings. The zero-order valence-electron chi connectivity index (χ0n) is 13.3. The second-order valence-corrected chi connectivity index (χ2v) is 6.26. The van der Waals surface area contributed by atoms with Crippen molar-refractivity contribution in [1.82, 2.24) is 10.2 Å². The Bertz CT molecular complexity index is 289. The number of hydrogen-bond donors (Lipinski definition) is 2. The van der Waals surface area contributed by atoms with Crippen molar-refractivity contribution in [1.29, 1.82) is 0 Å². The van der Waals surface area contributed by atoms with Gasteiger partial charge < -0.3 is 20.7 Å². The van der Waals surface area contributed by atoms with Gasteiger partial charge in [-0.3, -0.25) is 4.79 Å². The fourth-order valence-corrected chi connectivity index (χ4v) is 2.74. The number of rotatable bonds is 8. The van der Waals surface area contributed by atoms with E-state index in [4.69, 9.17) is 10.5 Å². The third kappa shape index (κ3) is 6.20. The van der Waals surface area contributed by atoms with Crippen LogP contribution in [0.5, 0.6) is 0 Å². The van der Waals surface area contributed by atoms with E-state index in [0.29, 0.717) is 0 Å². The molecule has 1 aliphatic heterocycles. The molecule has 1 fully saturated rings. The lowest BCUT2D eigenvalue weighted by Crippen LogP contribution is -2.55. The topological polar surface area (TPSA) is 67.6 Å². The SMILES string of the molecule is CC(C)NC(C)(CCCCN1CCCOCC1)C(N)=O. The van der Waals surface area contributed by atoms with Crippen molar-refractivity contribution in [3.05, 3.63) is 0 Å². The van der Waals surface area contributed by atoms with Gasteiger partial charge in [0.15, 0.2) is 0 Å². The third-order valence-corrected chi connectivity index (χ3v) is 3.87. The number of amides is 1. The molecule has 0 saturated carbocycles. The Balaban J connectivity index is 2.28. The van der Waals surface area contributed by atoms with Crippen LogP contribution in [0.25, 0.3) is 0 Å². The summed E-state index contributed by atoms with van der Waals surface area (Å²) in [5.41, 5.74) is 4.95. The number of carbonyl (C=O) groups excluding carboxylic acids is 1. The number of primary amides is 1. The molecule has 0 radical (unpaired) electrons. The monoisotopic (exact) mass is 285 g/mol. The van der Waals surface area contributed by atoms with E-state index in [2.05, 4.69) is 10.2 Å². The second-order valence-electron chi connectivity index (χ2n) is 6.26. The summed E-state index contributed by atoms with van der Waals surface area (Å²) in [6.45, 7) is 10.9. The van der Waals surface area contributed by atoms with Gasteiger partial charge >= 0.3 is 0 Å². The van der Waals surface area contributed by atoms with Crippen molar-refractivity contribution in [3.8, 4) is 0 Å². The van der Waals surface area contributed by atoms with E-state index >= 15 is 0 Å². The lowest BCUT2D eigenvalue weighted by molar-refractivity contribution is -0.124. The van der Waals surface area contributed by atoms with Crippen LogP contribution >= 0.6 is 0 Å². The second kappa shape index (κ2) is 8.60. The quantitative estimate of drug-likeness (QED) is 0.656. The molecule has 0 aromatic carbocycles. The molecule has 1 atom stereocenters. The number of nitrogens with one attached hydrogen (secondary N) is 1. The number of nitrogens with two attached hydrogens (primary N) is 1. The molecule has 0 spiro atoms. The van der Waals surface area contributed by atoms with Gasteiger partial charge in [-0.05, 0) is 53.0 Å². The number of ether oxygens (including phenoxy) is 1. The van der Waals surface area contributed by atoms with E-state index in [9.17, 15) is 4.79 Å². The fraction of sp³-hybridized carbons (Fsp3) is 0.933. The highest BCUT2D eigenvalue weighted by molar-refractivity contribution is 5.84. The van der Waals surface area contributed by atoms with Crippen molar-refractivity contribution in [2.24, 2.45) is 5.73 Å². The molecule has 1 amide bonds. The maximum Gasteiger partial charge on any atom is 0.237 e. The molecule has 5 heteroatoms. The molecule has 1 rings (SSSR count). The maximum atomic E-state index is 11.6. The minimum absolute atomic E-state index is 0.255. The summed E-state index contributed by atoms with van der Waals surface area (Å²) >= 11 is 0. The molecule has 1 heterocycles. The first-order valence-corrected chi connectivity index (χ1v) is 7.82. The molecule has 0 aromatic heterocycles. The average molecular weight is 285 g/mol. The molecule has 118 valence electrons. The molecule has 20 heavy (non-hydrogen) atoms. The summed E-state index contributed by atoms with van der Waals surface area (Å²) in [5.74, 6) is -0.255. The normalized spacial score (nSPS) is 20.6. The van der Waals surface area contributed by atoms with Crippen LogP contribution in [0.3, 0.4) is 0 Å². The van der Waals surface area contributed by atoms with Crippen LogP contribution in [0.15, 0.2) is 0 Å². The van der Waals surface area contributed by atoms with Gasteiger partial charge in [0.05, 0.1) is 12.1 Å². The van der Waals surface area contributed by atoms with Gasteiger partial charge in [-0.1, -0.05) is 0 Å². The van der Waals surface area contributed by atoms with Crippen molar-refractivity contribution >= 4 is 5.91 Å². The van der Waals surface area contributed by atoms with Crippen LogP contribution in [0.2, 0.25) is 0 Å². The largest absolute Gasteiger partial charge is 0.380 e. The number of carbonyl (C=O) groups is 1. The third-order valence-electron chi connectivity index (χ3n) is 3.87. The number of hydrogen-bond acceptors (Lipinski definition) is 4. The smallest absolute Gasteiger partial charge is 0.237 e. The average Bonchev–Trinajstić information content (AvgIpc) is 2.62. The lowest BCUT2D eigenvalue weighted by atomic mass is 9.93. The Morgan fingerprint density at radius 3 is 2.75 bits per heavy atom. The highest BCUT2D eigenvalue weighted by atomic mass is 16.5. The van der Waals surface area contributed by atoms with Crippen molar-refractivity contribution in [2.75, 3.05) is 32.8 Å².